The highest BCUT2D eigenvalue weighted by atomic mass is 31.0. The van der Waals surface area contributed by atoms with Crippen molar-refractivity contribution in [3.8, 4) is 0 Å². The van der Waals surface area contributed by atoms with Crippen LogP contribution in [0, 0.1) is 5.92 Å². The normalized spacial score (nSPS) is 22.8. The van der Waals surface area contributed by atoms with Gasteiger partial charge in [-0.05, 0) is 44.2 Å². The van der Waals surface area contributed by atoms with Crippen LogP contribution in [0.25, 0.3) is 0 Å². The van der Waals surface area contributed by atoms with Crippen molar-refractivity contribution in [1.82, 2.24) is 16.1 Å². The number of rotatable bonds is 8. The van der Waals surface area contributed by atoms with Gasteiger partial charge >= 0.3 is 0 Å². The zero-order valence-electron chi connectivity index (χ0n) is 17.2. The predicted molar refractivity (Wildman–Crippen MR) is 119 cm³/mol. The van der Waals surface area contributed by atoms with Gasteiger partial charge in [0.05, 0.1) is 24.2 Å². The quantitative estimate of drug-likeness (QED) is 0.269. The first-order chi connectivity index (χ1) is 14.3. The lowest BCUT2D eigenvalue weighted by Gasteiger charge is -2.22. The van der Waals surface area contributed by atoms with Gasteiger partial charge in [-0.25, -0.2) is 10.3 Å². The first kappa shape index (κ1) is 24.0. The second-order valence-electron chi connectivity index (χ2n) is 7.48. The van der Waals surface area contributed by atoms with Crippen molar-refractivity contribution < 1.29 is 14.4 Å². The number of nitrogens with zero attached hydrogens (tertiary/aromatic N) is 1. The number of amides is 1. The lowest BCUT2D eigenvalue weighted by Crippen LogP contribution is -2.35. The van der Waals surface area contributed by atoms with E-state index in [1.807, 2.05) is 9.39 Å². The Morgan fingerprint density at radius 2 is 2.07 bits per heavy atom. The van der Waals surface area contributed by atoms with E-state index in [0.717, 1.165) is 49.7 Å². The molecule has 0 aromatic heterocycles. The predicted octanol–water partition coefficient (Wildman–Crippen LogP) is 1.91. The fourth-order valence-electron chi connectivity index (χ4n) is 3.61. The molecule has 2 unspecified atom stereocenters. The van der Waals surface area contributed by atoms with E-state index in [1.165, 1.54) is 38.2 Å². The summed E-state index contributed by atoms with van der Waals surface area (Å²) in [6.07, 6.45) is 14.3. The molecule has 2 heterocycles. The monoisotopic (exact) mass is 425 g/mol. The number of hydroxylamine groups is 1. The fraction of sp³-hybridized carbons (Fsp3) is 0.700. The molecule has 9 heteroatoms. The first-order valence-electron chi connectivity index (χ1n) is 10.6. The molecule has 0 aromatic rings. The summed E-state index contributed by atoms with van der Waals surface area (Å²) in [5.74, 6) is 0.514. The maximum absolute atomic E-state index is 11.8. The summed E-state index contributed by atoms with van der Waals surface area (Å²) in [4.78, 5) is 21.5. The number of hydrogen-bond acceptors (Lipinski definition) is 7. The molecule has 1 saturated heterocycles. The van der Waals surface area contributed by atoms with Crippen LogP contribution in [-0.4, -0.2) is 44.2 Å². The molecule has 0 spiro atoms. The lowest BCUT2D eigenvalue weighted by atomic mass is 9.89. The smallest absolute Gasteiger partial charge is 0.267 e. The number of aliphatic imine (C=N–C) groups is 1. The number of allylic oxidation sites excluding steroid dienone is 1. The minimum absolute atomic E-state index is 0.309. The van der Waals surface area contributed by atoms with Crippen molar-refractivity contribution in [3.05, 3.63) is 24.0 Å². The molecular formula is C20H36N5O3P. The van der Waals surface area contributed by atoms with Gasteiger partial charge in [-0.15, -0.1) is 0 Å². The maximum atomic E-state index is 11.8. The number of carbonyl (C=O) groups is 1. The molecule has 1 aliphatic carbocycles. The molecule has 1 amide bonds. The highest BCUT2D eigenvalue weighted by Crippen LogP contribution is 2.22. The summed E-state index contributed by atoms with van der Waals surface area (Å²) in [7, 11) is 1.92. The third kappa shape index (κ3) is 9.83. The summed E-state index contributed by atoms with van der Waals surface area (Å²) >= 11 is 0. The Hall–Kier alpha value is -1.31. The number of ether oxygens (including phenoxy) is 1. The van der Waals surface area contributed by atoms with Gasteiger partial charge in [-0.1, -0.05) is 28.7 Å². The van der Waals surface area contributed by atoms with Crippen molar-refractivity contribution in [3.63, 3.8) is 0 Å². The van der Waals surface area contributed by atoms with Crippen LogP contribution in [0.5, 0.6) is 0 Å². The minimum Gasteiger partial charge on any atom is -0.378 e. The van der Waals surface area contributed by atoms with Crippen LogP contribution in [0.15, 0.2) is 29.0 Å². The second kappa shape index (κ2) is 14.6. The molecule has 8 nitrogen and oxygen atoms in total. The van der Waals surface area contributed by atoms with Crippen LogP contribution in [0.2, 0.25) is 0 Å². The summed E-state index contributed by atoms with van der Waals surface area (Å²) in [6, 6.07) is 0. The van der Waals surface area contributed by atoms with Gasteiger partial charge in [0.1, 0.15) is 0 Å². The molecule has 3 aliphatic rings. The van der Waals surface area contributed by atoms with Crippen LogP contribution >= 0.6 is 9.39 Å². The highest BCUT2D eigenvalue weighted by molar-refractivity contribution is 7.13. The van der Waals surface area contributed by atoms with E-state index in [1.54, 1.807) is 12.3 Å². The molecule has 2 atom stereocenters. The van der Waals surface area contributed by atoms with Crippen molar-refractivity contribution in [2.24, 2.45) is 16.4 Å². The number of hydrogen-bond donors (Lipinski definition) is 4. The van der Waals surface area contributed by atoms with Crippen LogP contribution in [0.3, 0.4) is 0 Å². The third-order valence-electron chi connectivity index (χ3n) is 5.21. The molecule has 2 aliphatic heterocycles. The molecule has 0 radical (unpaired) electrons. The molecule has 5 N–H and O–H groups in total. The second-order valence-corrected chi connectivity index (χ2v) is 7.48. The van der Waals surface area contributed by atoms with E-state index in [2.05, 4.69) is 26.6 Å². The van der Waals surface area contributed by atoms with E-state index in [-0.39, 0.29) is 12.2 Å². The van der Waals surface area contributed by atoms with Crippen molar-refractivity contribution in [2.75, 3.05) is 26.2 Å². The Morgan fingerprint density at radius 1 is 1.28 bits per heavy atom. The Labute approximate surface area is 176 Å². The van der Waals surface area contributed by atoms with Crippen LogP contribution in [0.4, 0.5) is 0 Å². The van der Waals surface area contributed by atoms with Gasteiger partial charge in [-0.3, -0.25) is 9.79 Å². The molecule has 0 aromatic carbocycles. The maximum Gasteiger partial charge on any atom is 0.267 e. The molecule has 164 valence electrons. The standard InChI is InChI=1S/C20H32N4O3.H4NP/c25-19(24-27-20-8-4-5-11-26-20)10-9-17-14-23-18(15-22-17)13-21-12-16-6-2-1-3-7-16;1-2/h9-10,14,16,20-22H,1-8,11-13,15H2,(H,24,25);1-2H2/b10-9+;. The highest BCUT2D eigenvalue weighted by Gasteiger charge is 2.15. The Morgan fingerprint density at radius 3 is 2.76 bits per heavy atom. The van der Waals surface area contributed by atoms with Crippen LogP contribution in [0.1, 0.15) is 51.4 Å². The lowest BCUT2D eigenvalue weighted by molar-refractivity contribution is -0.198. The van der Waals surface area contributed by atoms with Gasteiger partial charge in [0, 0.05) is 25.6 Å². The Balaban J connectivity index is 0.00000145. The van der Waals surface area contributed by atoms with E-state index in [0.29, 0.717) is 13.2 Å². The van der Waals surface area contributed by atoms with Crippen molar-refractivity contribution in [2.45, 2.75) is 57.7 Å². The van der Waals surface area contributed by atoms with E-state index < -0.39 is 0 Å². The molecule has 0 bridgehead atoms. The fourth-order valence-corrected chi connectivity index (χ4v) is 3.61. The van der Waals surface area contributed by atoms with E-state index >= 15 is 0 Å². The molecule has 3 rings (SSSR count). The van der Waals surface area contributed by atoms with Gasteiger partial charge in [0.2, 0.25) is 0 Å². The number of carbonyl (C=O) groups excluding carboxylic acids is 1. The van der Waals surface area contributed by atoms with Gasteiger partial charge in [-0.2, -0.15) is 0 Å². The Kier molecular flexibility index (Phi) is 12.1. The number of nitrogens with two attached hydrogens (primary N) is 1. The molecule has 2 fully saturated rings. The van der Waals surface area contributed by atoms with Gasteiger partial charge < -0.3 is 20.9 Å². The topological polar surface area (TPSA) is 110 Å². The summed E-state index contributed by atoms with van der Waals surface area (Å²) in [6.45, 7) is 3.28. The SMILES string of the molecule is NP.O=C(/C=C/C1=CN=C(CNCC2CCCCC2)CN1)NOC1CCCCO1. The van der Waals surface area contributed by atoms with E-state index in [4.69, 9.17) is 9.57 Å². The van der Waals surface area contributed by atoms with Crippen molar-refractivity contribution >= 4 is 21.0 Å². The zero-order valence-corrected chi connectivity index (χ0v) is 18.4. The first-order valence-corrected chi connectivity index (χ1v) is 11.3. The summed E-state index contributed by atoms with van der Waals surface area (Å²) < 4.78 is 5.40. The number of nitrogens with one attached hydrogen (secondary N) is 3. The average Bonchev–Trinajstić information content (AvgIpc) is 2.80. The summed E-state index contributed by atoms with van der Waals surface area (Å²) in [5.41, 5.74) is 8.73. The van der Waals surface area contributed by atoms with Gasteiger partial charge in [0.25, 0.3) is 5.91 Å². The summed E-state index contributed by atoms with van der Waals surface area (Å²) in [5, 5.41) is 6.80. The van der Waals surface area contributed by atoms with Crippen LogP contribution < -0.4 is 21.6 Å². The molecular weight excluding hydrogens is 389 g/mol. The van der Waals surface area contributed by atoms with E-state index in [9.17, 15) is 4.79 Å². The zero-order chi connectivity index (χ0) is 20.7. The largest absolute Gasteiger partial charge is 0.378 e. The molecule has 1 saturated carbocycles. The van der Waals surface area contributed by atoms with Gasteiger partial charge in [0.15, 0.2) is 6.29 Å². The Bertz CT molecular complexity index is 570. The van der Waals surface area contributed by atoms with Crippen LogP contribution in [-0.2, 0) is 14.4 Å². The molecule has 29 heavy (non-hydrogen) atoms. The van der Waals surface area contributed by atoms with Crippen molar-refractivity contribution in [1.29, 1.82) is 0 Å². The third-order valence-corrected chi connectivity index (χ3v) is 5.21. The minimum atomic E-state index is -0.337. The average molecular weight is 426 g/mol.